The monoisotopic (exact) mass is 534 g/mol. The van der Waals surface area contributed by atoms with E-state index in [1.54, 1.807) is 12.4 Å². The van der Waals surface area contributed by atoms with Crippen LogP contribution in [0.15, 0.2) is 40.9 Å². The maximum absolute atomic E-state index is 12.5. The molecule has 10 heteroatoms. The van der Waals surface area contributed by atoms with E-state index >= 15 is 0 Å². The number of dihydropyridines is 1. The summed E-state index contributed by atoms with van der Waals surface area (Å²) in [5.74, 6) is -0.159. The number of nitrogens with one attached hydrogen (secondary N) is 1. The van der Waals surface area contributed by atoms with Crippen LogP contribution >= 0.6 is 23.2 Å². The number of H-pyrrole nitrogens is 1. The molecule has 4 aromatic rings. The number of hydrogen-bond donors (Lipinski definition) is 2. The molecule has 37 heavy (non-hydrogen) atoms. The first-order valence-corrected chi connectivity index (χ1v) is 13.4. The molecule has 2 bridgehead atoms. The summed E-state index contributed by atoms with van der Waals surface area (Å²) in [5.41, 5.74) is 4.17. The Hall–Kier alpha value is -3.23. The van der Waals surface area contributed by atoms with Gasteiger partial charge in [-0.25, -0.2) is 15.0 Å². The van der Waals surface area contributed by atoms with Crippen molar-refractivity contribution >= 4 is 63.0 Å². The molecule has 5 heterocycles. The second-order valence-corrected chi connectivity index (χ2v) is 11.1. The number of carboxylic acids is 1. The number of aromatic nitrogens is 5. The number of halogens is 2. The number of aliphatic carboxylic acids is 1. The highest BCUT2D eigenvalue weighted by atomic mass is 35.5. The lowest BCUT2D eigenvalue weighted by molar-refractivity contribution is -0.151. The second kappa shape index (κ2) is 8.67. The third-order valence-electron chi connectivity index (χ3n) is 8.40. The Kier molecular flexibility index (Phi) is 5.37. The van der Waals surface area contributed by atoms with Crippen LogP contribution in [0.25, 0.3) is 39.0 Å². The molecule has 4 aromatic heterocycles. The number of aliphatic imine (C=N–C) groups is 1. The van der Waals surface area contributed by atoms with Crippen LogP contribution in [0.5, 0.6) is 0 Å². The second-order valence-electron chi connectivity index (χ2n) is 10.3. The average molecular weight is 535 g/mol. The zero-order valence-corrected chi connectivity index (χ0v) is 21.4. The highest BCUT2D eigenvalue weighted by Gasteiger charge is 2.48. The van der Waals surface area contributed by atoms with Gasteiger partial charge in [0, 0.05) is 59.4 Å². The van der Waals surface area contributed by atoms with Crippen molar-refractivity contribution in [2.24, 2.45) is 22.7 Å². The zero-order chi connectivity index (χ0) is 25.3. The Morgan fingerprint density at radius 2 is 1.86 bits per heavy atom. The predicted octanol–water partition coefficient (Wildman–Crippen LogP) is 6.11. The van der Waals surface area contributed by atoms with Crippen molar-refractivity contribution in [3.8, 4) is 11.4 Å². The van der Waals surface area contributed by atoms with Gasteiger partial charge in [-0.05, 0) is 55.6 Å². The van der Waals surface area contributed by atoms with Gasteiger partial charge in [0.15, 0.2) is 5.82 Å². The summed E-state index contributed by atoms with van der Waals surface area (Å²) in [7, 11) is 0. The molecular weight excluding hydrogens is 511 g/mol. The third kappa shape index (κ3) is 3.61. The van der Waals surface area contributed by atoms with Crippen LogP contribution in [0.1, 0.15) is 43.7 Å². The molecule has 3 aliphatic carbocycles. The van der Waals surface area contributed by atoms with Gasteiger partial charge in [0.1, 0.15) is 11.3 Å². The minimum absolute atomic E-state index is 0.167. The molecule has 2 N–H and O–H groups in total. The molecule has 8 nitrogen and oxygen atoms in total. The van der Waals surface area contributed by atoms with Crippen LogP contribution in [-0.4, -0.2) is 48.3 Å². The van der Waals surface area contributed by atoms with E-state index in [2.05, 4.69) is 25.7 Å². The maximum Gasteiger partial charge on any atom is 0.308 e. The van der Waals surface area contributed by atoms with Crippen molar-refractivity contribution in [2.75, 3.05) is 6.54 Å². The third-order valence-corrected chi connectivity index (χ3v) is 8.93. The minimum Gasteiger partial charge on any atom is -0.481 e. The minimum atomic E-state index is -0.725. The van der Waals surface area contributed by atoms with E-state index < -0.39 is 11.9 Å². The highest BCUT2D eigenvalue weighted by molar-refractivity contribution is 6.43. The summed E-state index contributed by atoms with van der Waals surface area (Å²) in [5, 5.41) is 13.1. The van der Waals surface area contributed by atoms with E-state index in [4.69, 9.17) is 33.2 Å². The normalized spacial score (nSPS) is 25.5. The summed E-state index contributed by atoms with van der Waals surface area (Å²) < 4.78 is 2.12. The molecule has 4 aliphatic rings. The first-order chi connectivity index (χ1) is 18.0. The Morgan fingerprint density at radius 1 is 1.05 bits per heavy atom. The molecule has 188 valence electrons. The number of carboxylic acid groups (broad SMARTS) is 1. The standard InChI is InChI=1S/C27H24Cl2N6O2/c28-15-7-17-18(9-32-24(17)31-8-15)25-33-10-19-20(16-5-6-30-11-21(16)29)12-35(26(19)34-25)23-14-3-1-13(2-4-14)22(23)27(36)37/h7-14,22-23H,1-6H2,(H,31,32)(H,36,37)/t13?,14?,22-,23-/m1/s1. The van der Waals surface area contributed by atoms with Gasteiger partial charge in [0.05, 0.1) is 22.0 Å². The molecule has 3 saturated carbocycles. The van der Waals surface area contributed by atoms with Crippen molar-refractivity contribution in [3.05, 3.63) is 46.5 Å². The summed E-state index contributed by atoms with van der Waals surface area (Å²) >= 11 is 12.8. The number of allylic oxidation sites excluding steroid dienone is 1. The van der Waals surface area contributed by atoms with E-state index in [0.717, 1.165) is 58.8 Å². The average Bonchev–Trinajstić information content (AvgIpc) is 3.50. The van der Waals surface area contributed by atoms with Crippen molar-refractivity contribution < 1.29 is 9.90 Å². The Bertz CT molecular complexity index is 1630. The summed E-state index contributed by atoms with van der Waals surface area (Å²) in [4.78, 5) is 34.2. The quantitative estimate of drug-likeness (QED) is 0.328. The number of hydrogen-bond acceptors (Lipinski definition) is 5. The number of carbonyl (C=O) groups is 1. The maximum atomic E-state index is 12.5. The Balaban J connectivity index is 1.47. The molecule has 3 fully saturated rings. The number of rotatable bonds is 4. The van der Waals surface area contributed by atoms with Gasteiger partial charge in [-0.2, -0.15) is 0 Å². The van der Waals surface area contributed by atoms with Crippen LogP contribution < -0.4 is 0 Å². The molecule has 0 radical (unpaired) electrons. The molecule has 0 amide bonds. The number of fused-ring (bicyclic) bond motifs is 5. The van der Waals surface area contributed by atoms with Crippen LogP contribution in [0.3, 0.4) is 0 Å². The van der Waals surface area contributed by atoms with Gasteiger partial charge in [0.2, 0.25) is 0 Å². The van der Waals surface area contributed by atoms with E-state index in [1.807, 2.05) is 18.5 Å². The molecule has 8 rings (SSSR count). The first kappa shape index (κ1) is 22.9. The summed E-state index contributed by atoms with van der Waals surface area (Å²) in [6.07, 6.45) is 13.8. The van der Waals surface area contributed by atoms with Crippen molar-refractivity contribution in [3.63, 3.8) is 0 Å². The van der Waals surface area contributed by atoms with Crippen LogP contribution in [-0.2, 0) is 4.79 Å². The molecule has 0 aromatic carbocycles. The molecule has 0 spiro atoms. The lowest BCUT2D eigenvalue weighted by Gasteiger charge is -2.47. The largest absolute Gasteiger partial charge is 0.481 e. The molecular formula is C27H24Cl2N6O2. The lowest BCUT2D eigenvalue weighted by atomic mass is 9.61. The van der Waals surface area contributed by atoms with Crippen molar-refractivity contribution in [1.82, 2.24) is 24.5 Å². The van der Waals surface area contributed by atoms with Gasteiger partial charge in [0.25, 0.3) is 0 Å². The fraction of sp³-hybridized carbons (Fsp3) is 0.370. The van der Waals surface area contributed by atoms with Gasteiger partial charge >= 0.3 is 5.97 Å². The Morgan fingerprint density at radius 3 is 2.65 bits per heavy atom. The predicted molar refractivity (Wildman–Crippen MR) is 144 cm³/mol. The van der Waals surface area contributed by atoms with Gasteiger partial charge in [-0.1, -0.05) is 23.2 Å². The van der Waals surface area contributed by atoms with Gasteiger partial charge < -0.3 is 14.7 Å². The highest BCUT2D eigenvalue weighted by Crippen LogP contribution is 2.52. The number of aromatic amines is 1. The van der Waals surface area contributed by atoms with Gasteiger partial charge in [-0.3, -0.25) is 9.79 Å². The zero-order valence-electron chi connectivity index (χ0n) is 19.9. The summed E-state index contributed by atoms with van der Waals surface area (Å²) in [6, 6.07) is 1.68. The van der Waals surface area contributed by atoms with Crippen LogP contribution in [0, 0.1) is 17.8 Å². The van der Waals surface area contributed by atoms with E-state index in [-0.39, 0.29) is 12.0 Å². The SMILES string of the molecule is O=C(O)[C@@H]1C2CCC(CC2)[C@H]1n1cc(C2=C(Cl)C=NCC2)c2cnc(-c3c[nH]c4ncc(Cl)cc34)nc21. The van der Waals surface area contributed by atoms with Gasteiger partial charge in [-0.15, -0.1) is 0 Å². The topological polar surface area (TPSA) is 109 Å². The smallest absolute Gasteiger partial charge is 0.308 e. The van der Waals surface area contributed by atoms with E-state index in [9.17, 15) is 9.90 Å². The van der Waals surface area contributed by atoms with Crippen LogP contribution in [0.2, 0.25) is 5.02 Å². The fourth-order valence-electron chi connectivity index (χ4n) is 6.74. The first-order valence-electron chi connectivity index (χ1n) is 12.6. The molecule has 0 saturated heterocycles. The molecule has 1 aliphatic heterocycles. The number of nitrogens with zero attached hydrogens (tertiary/aromatic N) is 5. The van der Waals surface area contributed by atoms with E-state index in [0.29, 0.717) is 40.4 Å². The van der Waals surface area contributed by atoms with E-state index in [1.165, 1.54) is 0 Å². The lowest BCUT2D eigenvalue weighted by Crippen LogP contribution is -2.44. The van der Waals surface area contributed by atoms with Crippen molar-refractivity contribution in [1.29, 1.82) is 0 Å². The number of pyridine rings is 1. The molecule has 0 unspecified atom stereocenters. The molecule has 2 atom stereocenters. The Labute approximate surface area is 222 Å². The fourth-order valence-corrected chi connectivity index (χ4v) is 7.16. The van der Waals surface area contributed by atoms with Crippen LogP contribution in [0.4, 0.5) is 0 Å². The van der Waals surface area contributed by atoms with Crippen molar-refractivity contribution in [2.45, 2.75) is 38.1 Å². The summed E-state index contributed by atoms with van der Waals surface area (Å²) in [6.45, 7) is 0.659.